The smallest absolute Gasteiger partial charge is 0.409 e. The van der Waals surface area contributed by atoms with Crippen molar-refractivity contribution < 1.29 is 28.6 Å². The van der Waals surface area contributed by atoms with Crippen molar-refractivity contribution in [2.75, 3.05) is 52.5 Å². The Hall–Kier alpha value is -5.35. The number of hydrogen-bond acceptors (Lipinski definition) is 7. The van der Waals surface area contributed by atoms with Gasteiger partial charge in [-0.2, -0.15) is 0 Å². The van der Waals surface area contributed by atoms with Crippen molar-refractivity contribution in [1.82, 2.24) is 15.5 Å². The lowest BCUT2D eigenvalue weighted by atomic mass is 9.98. The Morgan fingerprint density at radius 3 is 1.49 bits per heavy atom. The molecule has 0 bridgehead atoms. The summed E-state index contributed by atoms with van der Waals surface area (Å²) >= 11 is 0. The maximum absolute atomic E-state index is 13.5. The van der Waals surface area contributed by atoms with Crippen LogP contribution < -0.4 is 16.4 Å². The highest BCUT2D eigenvalue weighted by atomic mass is 16.6. The highest BCUT2D eigenvalue weighted by Crippen LogP contribution is 2.45. The molecule has 4 aromatic rings. The first-order valence-corrected chi connectivity index (χ1v) is 17.8. The van der Waals surface area contributed by atoms with Crippen LogP contribution in [0, 0.1) is 0 Å². The Bertz CT molecular complexity index is 1720. The molecule has 0 radical (unpaired) electrons. The fraction of sp³-hybridized carbons (Fsp3) is 0.341. The molecule has 4 aromatic carbocycles. The lowest BCUT2D eigenvalue weighted by Crippen LogP contribution is -2.36. The van der Waals surface area contributed by atoms with Crippen molar-refractivity contribution in [2.45, 2.75) is 37.5 Å². The van der Waals surface area contributed by atoms with Gasteiger partial charge in [-0.3, -0.25) is 0 Å². The van der Waals surface area contributed by atoms with Crippen molar-refractivity contribution in [3.63, 3.8) is 0 Å². The predicted molar refractivity (Wildman–Crippen MR) is 197 cm³/mol. The summed E-state index contributed by atoms with van der Waals surface area (Å²) in [5, 5.41) is 5.58. The lowest BCUT2D eigenvalue weighted by molar-refractivity contribution is 0.0982. The van der Waals surface area contributed by atoms with Crippen LogP contribution >= 0.6 is 0 Å². The van der Waals surface area contributed by atoms with E-state index in [1.807, 2.05) is 48.5 Å². The van der Waals surface area contributed by atoms with E-state index in [-0.39, 0.29) is 31.7 Å². The zero-order valence-electron chi connectivity index (χ0n) is 28.9. The summed E-state index contributed by atoms with van der Waals surface area (Å²) < 4.78 is 16.7. The van der Waals surface area contributed by atoms with Gasteiger partial charge in [-0.15, -0.1) is 0 Å². The predicted octanol–water partition coefficient (Wildman–Crippen LogP) is 7.02. The van der Waals surface area contributed by atoms with E-state index >= 15 is 0 Å². The monoisotopic (exact) mass is 690 g/mol. The van der Waals surface area contributed by atoms with Gasteiger partial charge in [0, 0.05) is 38.0 Å². The number of hydrogen-bond donors (Lipinski definition) is 3. The summed E-state index contributed by atoms with van der Waals surface area (Å²) in [5.41, 5.74) is 14.7. The summed E-state index contributed by atoms with van der Waals surface area (Å²) in [6, 6.07) is 32.9. The molecule has 0 heterocycles. The van der Waals surface area contributed by atoms with E-state index in [1.54, 1.807) is 4.90 Å². The molecule has 51 heavy (non-hydrogen) atoms. The Balaban J connectivity index is 0.995. The third kappa shape index (κ3) is 8.69. The quantitative estimate of drug-likeness (QED) is 0.0851. The highest BCUT2D eigenvalue weighted by Gasteiger charge is 2.31. The molecule has 0 fully saturated rings. The van der Waals surface area contributed by atoms with Crippen molar-refractivity contribution >= 4 is 18.3 Å². The number of nitrogens with two attached hydrogens (primary N) is 1. The first-order valence-electron chi connectivity index (χ1n) is 17.8. The molecule has 10 heteroatoms. The van der Waals surface area contributed by atoms with Gasteiger partial charge in [0.2, 0.25) is 0 Å². The second-order valence-electron chi connectivity index (χ2n) is 12.8. The number of carbonyl (C=O) groups is 3. The topological polar surface area (TPSA) is 132 Å². The molecule has 10 nitrogen and oxygen atoms in total. The van der Waals surface area contributed by atoms with Crippen LogP contribution in [0.1, 0.15) is 59.8 Å². The molecular weight excluding hydrogens is 644 g/mol. The maximum Gasteiger partial charge on any atom is 0.409 e. The summed E-state index contributed by atoms with van der Waals surface area (Å²) in [6.45, 7) is 2.77. The van der Waals surface area contributed by atoms with Crippen LogP contribution in [0.15, 0.2) is 97.1 Å². The van der Waals surface area contributed by atoms with Crippen LogP contribution in [0.3, 0.4) is 0 Å². The minimum atomic E-state index is -0.492. The number of nitrogens with one attached hydrogen (secondary N) is 2. The Labute approximate surface area is 299 Å². The lowest BCUT2D eigenvalue weighted by Gasteiger charge is -2.24. The normalized spacial score (nSPS) is 12.6. The molecule has 0 aliphatic heterocycles. The van der Waals surface area contributed by atoms with Crippen molar-refractivity contribution in [3.8, 4) is 22.3 Å². The minimum Gasteiger partial charge on any atom is -0.450 e. The van der Waals surface area contributed by atoms with Gasteiger partial charge in [-0.05, 0) is 76.7 Å². The standard InChI is InChI=1S/C41H46N4O6/c42-21-11-26-49-39(46)43-22-9-10-24-45(41(48)51-28-38-35-19-7-3-15-31(35)32-16-4-8-20-36(32)38)25-12-23-44-40(47)50-27-37-33-17-5-1-13-29(33)30-14-2-6-18-34(30)37/h1-8,13-20,37-38H,9-12,21-28,42H2,(H,43,46)(H,44,47). The van der Waals surface area contributed by atoms with E-state index in [9.17, 15) is 14.4 Å². The molecule has 266 valence electrons. The summed E-state index contributed by atoms with van der Waals surface area (Å²) in [6.07, 6.45) is 1.04. The third-order valence-electron chi connectivity index (χ3n) is 9.52. The van der Waals surface area contributed by atoms with Gasteiger partial charge in [0.1, 0.15) is 13.2 Å². The van der Waals surface area contributed by atoms with Crippen LogP contribution in [0.2, 0.25) is 0 Å². The SMILES string of the molecule is NCCCOC(=O)NCCCCN(CCCNC(=O)OCC1c2ccccc2-c2ccccc21)C(=O)OCC1c2ccccc2-c2ccccc21. The van der Waals surface area contributed by atoms with E-state index in [1.165, 1.54) is 22.3 Å². The first kappa shape index (κ1) is 35.5. The molecule has 0 unspecified atom stereocenters. The maximum atomic E-state index is 13.5. The number of alkyl carbamates (subject to hydrolysis) is 2. The number of amides is 3. The van der Waals surface area contributed by atoms with Crippen molar-refractivity contribution in [3.05, 3.63) is 119 Å². The second-order valence-corrected chi connectivity index (χ2v) is 12.8. The largest absolute Gasteiger partial charge is 0.450 e. The van der Waals surface area contributed by atoms with Gasteiger partial charge < -0.3 is 35.5 Å². The zero-order chi connectivity index (χ0) is 35.4. The molecule has 4 N–H and O–H groups in total. The van der Waals surface area contributed by atoms with E-state index in [2.05, 4.69) is 59.2 Å². The average Bonchev–Trinajstić information content (AvgIpc) is 3.66. The molecule has 2 aliphatic rings. The summed E-state index contributed by atoms with van der Waals surface area (Å²) in [7, 11) is 0. The number of carbonyl (C=O) groups excluding carboxylic acids is 3. The molecule has 0 atom stereocenters. The molecule has 0 spiro atoms. The Morgan fingerprint density at radius 1 is 0.549 bits per heavy atom. The number of benzene rings is 4. The third-order valence-corrected chi connectivity index (χ3v) is 9.52. The molecule has 0 aromatic heterocycles. The first-order chi connectivity index (χ1) is 25.0. The highest BCUT2D eigenvalue weighted by molar-refractivity contribution is 5.80. The van der Waals surface area contributed by atoms with Gasteiger partial charge >= 0.3 is 18.3 Å². The Morgan fingerprint density at radius 2 is 0.980 bits per heavy atom. The number of fused-ring (bicyclic) bond motifs is 6. The van der Waals surface area contributed by atoms with Crippen molar-refractivity contribution in [1.29, 1.82) is 0 Å². The Kier molecular flexibility index (Phi) is 12.2. The van der Waals surface area contributed by atoms with E-state index in [4.69, 9.17) is 19.9 Å². The molecule has 2 aliphatic carbocycles. The van der Waals surface area contributed by atoms with Gasteiger partial charge in [0.05, 0.1) is 6.61 Å². The molecule has 0 saturated carbocycles. The van der Waals surface area contributed by atoms with Crippen LogP contribution in [0.4, 0.5) is 14.4 Å². The molecular formula is C41H46N4O6. The molecule has 3 amide bonds. The minimum absolute atomic E-state index is 0.0190. The van der Waals surface area contributed by atoms with Gasteiger partial charge in [0.25, 0.3) is 0 Å². The van der Waals surface area contributed by atoms with Gasteiger partial charge in [-0.1, -0.05) is 97.1 Å². The number of rotatable bonds is 16. The van der Waals surface area contributed by atoms with E-state index < -0.39 is 18.3 Å². The van der Waals surface area contributed by atoms with Crippen LogP contribution in [0.25, 0.3) is 22.3 Å². The fourth-order valence-electron chi connectivity index (χ4n) is 7.01. The summed E-state index contributed by atoms with van der Waals surface area (Å²) in [5.74, 6) is -0.0672. The number of nitrogens with zero attached hydrogens (tertiary/aromatic N) is 1. The fourth-order valence-corrected chi connectivity index (χ4v) is 7.01. The zero-order valence-corrected chi connectivity index (χ0v) is 28.9. The molecule has 6 rings (SSSR count). The second kappa shape index (κ2) is 17.5. The van der Waals surface area contributed by atoms with Crippen LogP contribution in [0.5, 0.6) is 0 Å². The number of ether oxygens (including phenoxy) is 3. The van der Waals surface area contributed by atoms with E-state index in [0.29, 0.717) is 58.4 Å². The summed E-state index contributed by atoms with van der Waals surface area (Å²) in [4.78, 5) is 39.8. The van der Waals surface area contributed by atoms with Crippen molar-refractivity contribution in [2.24, 2.45) is 5.73 Å². The van der Waals surface area contributed by atoms with Gasteiger partial charge in [-0.25, -0.2) is 14.4 Å². The average molecular weight is 691 g/mol. The number of unbranched alkanes of at least 4 members (excludes halogenated alkanes) is 1. The van der Waals surface area contributed by atoms with Gasteiger partial charge in [0.15, 0.2) is 0 Å². The van der Waals surface area contributed by atoms with Crippen LogP contribution in [-0.4, -0.2) is 75.7 Å². The van der Waals surface area contributed by atoms with E-state index in [0.717, 1.165) is 22.3 Å². The molecule has 0 saturated heterocycles. The van der Waals surface area contributed by atoms with Crippen LogP contribution in [-0.2, 0) is 14.2 Å².